The summed E-state index contributed by atoms with van der Waals surface area (Å²) in [5.41, 5.74) is 7.10. The van der Waals surface area contributed by atoms with Crippen molar-refractivity contribution in [1.82, 2.24) is 4.98 Å². The molecule has 1 rings (SSSR count). The standard InChI is InChI=1S/C11H18N2O/c1-8(2)6-10(12)9-4-5-13-7-11(9)14-3/h4-5,7-8,10H,6,12H2,1-3H3. The molecule has 1 aromatic rings. The lowest BCUT2D eigenvalue weighted by Gasteiger charge is -2.16. The average molecular weight is 194 g/mol. The molecule has 0 aromatic carbocycles. The van der Waals surface area contributed by atoms with E-state index < -0.39 is 0 Å². The Bertz CT molecular complexity index is 286. The van der Waals surface area contributed by atoms with Crippen LogP contribution in [-0.2, 0) is 0 Å². The molecule has 0 amide bonds. The second-order valence-corrected chi connectivity index (χ2v) is 3.85. The van der Waals surface area contributed by atoms with Crippen molar-refractivity contribution in [2.24, 2.45) is 11.7 Å². The second kappa shape index (κ2) is 4.96. The Balaban J connectivity index is 2.82. The van der Waals surface area contributed by atoms with Crippen LogP contribution in [0.15, 0.2) is 18.5 Å². The topological polar surface area (TPSA) is 48.1 Å². The van der Waals surface area contributed by atoms with E-state index in [0.29, 0.717) is 5.92 Å². The van der Waals surface area contributed by atoms with Crippen molar-refractivity contribution in [2.75, 3.05) is 7.11 Å². The van der Waals surface area contributed by atoms with Crippen LogP contribution in [0.1, 0.15) is 31.9 Å². The molecule has 0 radical (unpaired) electrons. The smallest absolute Gasteiger partial charge is 0.141 e. The fraction of sp³-hybridized carbons (Fsp3) is 0.545. The summed E-state index contributed by atoms with van der Waals surface area (Å²) in [6, 6.07) is 1.96. The predicted octanol–water partition coefficient (Wildman–Crippen LogP) is 2.14. The summed E-state index contributed by atoms with van der Waals surface area (Å²) in [5, 5.41) is 0. The van der Waals surface area contributed by atoms with Gasteiger partial charge in [-0.15, -0.1) is 0 Å². The highest BCUT2D eigenvalue weighted by Gasteiger charge is 2.12. The van der Waals surface area contributed by atoms with E-state index in [-0.39, 0.29) is 6.04 Å². The van der Waals surface area contributed by atoms with Crippen LogP contribution in [0.5, 0.6) is 5.75 Å². The van der Waals surface area contributed by atoms with Crippen molar-refractivity contribution in [2.45, 2.75) is 26.3 Å². The summed E-state index contributed by atoms with van der Waals surface area (Å²) in [6.07, 6.45) is 4.41. The first-order valence-electron chi connectivity index (χ1n) is 4.88. The monoisotopic (exact) mass is 194 g/mol. The Morgan fingerprint density at radius 2 is 2.21 bits per heavy atom. The second-order valence-electron chi connectivity index (χ2n) is 3.85. The Morgan fingerprint density at radius 3 is 2.79 bits per heavy atom. The zero-order valence-electron chi connectivity index (χ0n) is 9.03. The zero-order valence-corrected chi connectivity index (χ0v) is 9.03. The van der Waals surface area contributed by atoms with Crippen LogP contribution < -0.4 is 10.5 Å². The molecule has 3 nitrogen and oxygen atoms in total. The van der Waals surface area contributed by atoms with Crippen LogP contribution in [0.25, 0.3) is 0 Å². The van der Waals surface area contributed by atoms with Crippen molar-refractivity contribution in [3.05, 3.63) is 24.0 Å². The van der Waals surface area contributed by atoms with Gasteiger partial charge in [-0.2, -0.15) is 0 Å². The lowest BCUT2D eigenvalue weighted by atomic mass is 9.98. The fourth-order valence-electron chi connectivity index (χ4n) is 1.50. The molecule has 1 atom stereocenters. The van der Waals surface area contributed by atoms with Gasteiger partial charge in [-0.05, 0) is 18.4 Å². The van der Waals surface area contributed by atoms with E-state index in [1.165, 1.54) is 0 Å². The molecule has 0 saturated heterocycles. The highest BCUT2D eigenvalue weighted by molar-refractivity contribution is 5.32. The predicted molar refractivity (Wildman–Crippen MR) is 57.2 cm³/mol. The van der Waals surface area contributed by atoms with E-state index in [1.54, 1.807) is 19.5 Å². The van der Waals surface area contributed by atoms with Gasteiger partial charge >= 0.3 is 0 Å². The van der Waals surface area contributed by atoms with Crippen molar-refractivity contribution in [3.8, 4) is 5.75 Å². The summed E-state index contributed by atoms with van der Waals surface area (Å²) in [7, 11) is 1.64. The minimum Gasteiger partial charge on any atom is -0.495 e. The number of methoxy groups -OCH3 is 1. The molecule has 0 bridgehead atoms. The Morgan fingerprint density at radius 1 is 1.50 bits per heavy atom. The molecule has 0 aliphatic heterocycles. The molecule has 3 heteroatoms. The summed E-state index contributed by atoms with van der Waals surface area (Å²) in [6.45, 7) is 4.32. The maximum atomic E-state index is 6.06. The van der Waals surface area contributed by atoms with Gasteiger partial charge in [-0.1, -0.05) is 13.8 Å². The Labute approximate surface area is 85.3 Å². The van der Waals surface area contributed by atoms with Crippen LogP contribution in [0.4, 0.5) is 0 Å². The van der Waals surface area contributed by atoms with Gasteiger partial charge in [0.1, 0.15) is 5.75 Å². The van der Waals surface area contributed by atoms with Gasteiger partial charge in [0.2, 0.25) is 0 Å². The highest BCUT2D eigenvalue weighted by Crippen LogP contribution is 2.26. The van der Waals surface area contributed by atoms with E-state index in [4.69, 9.17) is 10.5 Å². The number of ether oxygens (including phenoxy) is 1. The summed E-state index contributed by atoms with van der Waals surface area (Å²) >= 11 is 0. The van der Waals surface area contributed by atoms with Gasteiger partial charge in [0.15, 0.2) is 0 Å². The van der Waals surface area contributed by atoms with Crippen molar-refractivity contribution >= 4 is 0 Å². The molecule has 14 heavy (non-hydrogen) atoms. The van der Waals surface area contributed by atoms with Gasteiger partial charge in [-0.25, -0.2) is 0 Å². The first-order chi connectivity index (χ1) is 6.65. The molecule has 1 heterocycles. The van der Waals surface area contributed by atoms with Crippen molar-refractivity contribution in [3.63, 3.8) is 0 Å². The van der Waals surface area contributed by atoms with E-state index >= 15 is 0 Å². The number of hydrogen-bond acceptors (Lipinski definition) is 3. The number of hydrogen-bond donors (Lipinski definition) is 1. The van der Waals surface area contributed by atoms with Crippen LogP contribution >= 0.6 is 0 Å². The molecular formula is C11H18N2O. The van der Waals surface area contributed by atoms with Crippen LogP contribution in [0, 0.1) is 5.92 Å². The average Bonchev–Trinajstić information content (AvgIpc) is 2.16. The first-order valence-corrected chi connectivity index (χ1v) is 4.88. The number of pyridine rings is 1. The number of nitrogens with zero attached hydrogens (tertiary/aromatic N) is 1. The van der Waals surface area contributed by atoms with Gasteiger partial charge in [0.05, 0.1) is 13.3 Å². The lowest BCUT2D eigenvalue weighted by molar-refractivity contribution is 0.397. The largest absolute Gasteiger partial charge is 0.495 e. The first kappa shape index (κ1) is 11.0. The molecular weight excluding hydrogens is 176 g/mol. The molecule has 0 fully saturated rings. The van der Waals surface area contributed by atoms with Crippen LogP contribution in [0.3, 0.4) is 0 Å². The van der Waals surface area contributed by atoms with Crippen molar-refractivity contribution < 1.29 is 4.74 Å². The number of nitrogens with two attached hydrogens (primary N) is 1. The molecule has 1 unspecified atom stereocenters. The normalized spacial score (nSPS) is 12.9. The fourth-order valence-corrected chi connectivity index (χ4v) is 1.50. The maximum Gasteiger partial charge on any atom is 0.141 e. The van der Waals surface area contributed by atoms with E-state index in [9.17, 15) is 0 Å². The molecule has 1 aromatic heterocycles. The zero-order chi connectivity index (χ0) is 10.6. The molecule has 78 valence electrons. The lowest BCUT2D eigenvalue weighted by Crippen LogP contribution is -2.14. The van der Waals surface area contributed by atoms with E-state index in [2.05, 4.69) is 18.8 Å². The van der Waals surface area contributed by atoms with Crippen molar-refractivity contribution in [1.29, 1.82) is 0 Å². The maximum absolute atomic E-state index is 6.06. The SMILES string of the molecule is COc1cnccc1C(N)CC(C)C. The number of rotatable bonds is 4. The minimum absolute atomic E-state index is 0.0351. The Kier molecular flexibility index (Phi) is 3.89. The van der Waals surface area contributed by atoms with Gasteiger partial charge < -0.3 is 10.5 Å². The Hall–Kier alpha value is -1.09. The summed E-state index contributed by atoms with van der Waals surface area (Å²) in [4.78, 5) is 4.00. The molecule has 2 N–H and O–H groups in total. The molecule has 0 aliphatic carbocycles. The highest BCUT2D eigenvalue weighted by atomic mass is 16.5. The van der Waals surface area contributed by atoms with E-state index in [0.717, 1.165) is 17.7 Å². The third-order valence-electron chi connectivity index (χ3n) is 2.16. The molecule has 0 spiro atoms. The number of aromatic nitrogens is 1. The third-order valence-corrected chi connectivity index (χ3v) is 2.16. The third kappa shape index (κ3) is 2.70. The van der Waals surface area contributed by atoms with Gasteiger partial charge in [0.25, 0.3) is 0 Å². The summed E-state index contributed by atoms with van der Waals surface area (Å²) in [5.74, 6) is 1.36. The van der Waals surface area contributed by atoms with Gasteiger partial charge in [-0.3, -0.25) is 4.98 Å². The minimum atomic E-state index is 0.0351. The quantitative estimate of drug-likeness (QED) is 0.798. The molecule has 0 saturated carbocycles. The summed E-state index contributed by atoms with van der Waals surface area (Å²) < 4.78 is 5.21. The molecule has 0 aliphatic rings. The van der Waals surface area contributed by atoms with E-state index in [1.807, 2.05) is 6.07 Å². The van der Waals surface area contributed by atoms with Crippen LogP contribution in [0.2, 0.25) is 0 Å². The van der Waals surface area contributed by atoms with Crippen LogP contribution in [-0.4, -0.2) is 12.1 Å². The van der Waals surface area contributed by atoms with Gasteiger partial charge in [0, 0.05) is 17.8 Å².